The molecule has 2 aliphatic carbocycles. The van der Waals surface area contributed by atoms with Gasteiger partial charge >= 0.3 is 0 Å². The quantitative estimate of drug-likeness (QED) is 0.702. The molecule has 0 radical (unpaired) electrons. The number of fused-ring (bicyclic) bond motifs is 1. The summed E-state index contributed by atoms with van der Waals surface area (Å²) in [6.45, 7) is 0. The largest absolute Gasteiger partial charge is 0.294 e. The molecule has 1 aromatic rings. The molecule has 1 heteroatoms. The highest BCUT2D eigenvalue weighted by atomic mass is 16.1. The second-order valence-corrected chi connectivity index (χ2v) is 6.00. The first-order valence-electron chi connectivity index (χ1n) is 7.46. The molecular weight excluding hydrogens is 220 g/mol. The van der Waals surface area contributed by atoms with Crippen LogP contribution >= 0.6 is 0 Å². The van der Waals surface area contributed by atoms with E-state index >= 15 is 0 Å². The third-order valence-corrected chi connectivity index (χ3v) is 4.74. The Morgan fingerprint density at radius 3 is 2.61 bits per heavy atom. The number of hydrogen-bond acceptors (Lipinski definition) is 1. The van der Waals surface area contributed by atoms with Crippen LogP contribution in [-0.4, -0.2) is 5.78 Å². The first kappa shape index (κ1) is 12.0. The van der Waals surface area contributed by atoms with Crippen LogP contribution in [0.5, 0.6) is 0 Å². The number of hydrogen-bond donors (Lipinski definition) is 0. The van der Waals surface area contributed by atoms with Crippen molar-refractivity contribution >= 4 is 5.78 Å². The highest BCUT2D eigenvalue weighted by molar-refractivity contribution is 5.99. The van der Waals surface area contributed by atoms with Crippen LogP contribution in [0.15, 0.2) is 24.3 Å². The summed E-state index contributed by atoms with van der Waals surface area (Å²) in [6.07, 6.45) is 9.97. The summed E-state index contributed by atoms with van der Waals surface area (Å²) in [5.41, 5.74) is 2.29. The highest BCUT2D eigenvalue weighted by Crippen LogP contribution is 2.35. The van der Waals surface area contributed by atoms with E-state index in [-0.39, 0.29) is 0 Å². The normalized spacial score (nSPS) is 24.9. The standard InChI is InChI=1S/C17H22O/c18-17-15(12-13-6-1-2-7-13)10-5-9-14-8-3-4-11-16(14)17/h3-4,8,11,13,15H,1-2,5-7,9-10,12H2. The first-order valence-corrected chi connectivity index (χ1v) is 7.46. The molecule has 0 spiro atoms. The smallest absolute Gasteiger partial charge is 0.166 e. The van der Waals surface area contributed by atoms with Crippen LogP contribution in [0.3, 0.4) is 0 Å². The second-order valence-electron chi connectivity index (χ2n) is 6.00. The van der Waals surface area contributed by atoms with Crippen molar-refractivity contribution in [2.75, 3.05) is 0 Å². The van der Waals surface area contributed by atoms with Gasteiger partial charge in [0.2, 0.25) is 0 Å². The van der Waals surface area contributed by atoms with Gasteiger partial charge in [-0.3, -0.25) is 4.79 Å². The molecule has 1 unspecified atom stereocenters. The van der Waals surface area contributed by atoms with Gasteiger partial charge in [0, 0.05) is 11.5 Å². The maximum Gasteiger partial charge on any atom is 0.166 e. The van der Waals surface area contributed by atoms with E-state index in [0.717, 1.165) is 30.7 Å². The topological polar surface area (TPSA) is 17.1 Å². The maximum absolute atomic E-state index is 12.6. The number of benzene rings is 1. The van der Waals surface area contributed by atoms with Gasteiger partial charge in [-0.05, 0) is 37.2 Å². The number of Topliss-reactive ketones (excluding diaryl/α,β-unsaturated/α-hetero) is 1. The minimum atomic E-state index is 0.303. The summed E-state index contributed by atoms with van der Waals surface area (Å²) in [5, 5.41) is 0. The lowest BCUT2D eigenvalue weighted by Crippen LogP contribution is -2.17. The molecule has 0 N–H and O–H groups in total. The third-order valence-electron chi connectivity index (χ3n) is 4.74. The Hall–Kier alpha value is -1.11. The summed E-state index contributed by atoms with van der Waals surface area (Å²) in [5.74, 6) is 1.55. The molecule has 1 aromatic carbocycles. The van der Waals surface area contributed by atoms with Crippen LogP contribution in [0, 0.1) is 11.8 Å². The van der Waals surface area contributed by atoms with E-state index in [2.05, 4.69) is 12.1 Å². The summed E-state index contributed by atoms with van der Waals surface area (Å²) in [7, 11) is 0. The van der Waals surface area contributed by atoms with Gasteiger partial charge in [-0.25, -0.2) is 0 Å². The Morgan fingerprint density at radius 2 is 1.78 bits per heavy atom. The lowest BCUT2D eigenvalue weighted by atomic mass is 9.86. The van der Waals surface area contributed by atoms with Gasteiger partial charge in [-0.2, -0.15) is 0 Å². The van der Waals surface area contributed by atoms with Crippen LogP contribution in [0.25, 0.3) is 0 Å². The Balaban J connectivity index is 1.78. The van der Waals surface area contributed by atoms with Crippen molar-refractivity contribution in [3.63, 3.8) is 0 Å². The van der Waals surface area contributed by atoms with E-state index in [1.54, 1.807) is 0 Å². The average Bonchev–Trinajstić information content (AvgIpc) is 2.85. The molecule has 3 rings (SSSR count). The molecule has 0 aromatic heterocycles. The van der Waals surface area contributed by atoms with Gasteiger partial charge in [-0.1, -0.05) is 49.9 Å². The molecule has 96 valence electrons. The molecule has 1 nitrogen and oxygen atoms in total. The molecule has 1 atom stereocenters. The van der Waals surface area contributed by atoms with Gasteiger partial charge < -0.3 is 0 Å². The van der Waals surface area contributed by atoms with E-state index in [9.17, 15) is 4.79 Å². The predicted molar refractivity (Wildman–Crippen MR) is 73.8 cm³/mol. The molecule has 1 saturated carbocycles. The predicted octanol–water partition coefficient (Wildman–Crippen LogP) is 4.40. The fourth-order valence-electron chi connectivity index (χ4n) is 3.74. The summed E-state index contributed by atoms with van der Waals surface area (Å²) >= 11 is 0. The van der Waals surface area contributed by atoms with E-state index in [1.165, 1.54) is 37.7 Å². The number of rotatable bonds is 2. The number of carbonyl (C=O) groups is 1. The second kappa shape index (κ2) is 5.26. The zero-order valence-electron chi connectivity index (χ0n) is 11.0. The zero-order chi connectivity index (χ0) is 12.4. The molecule has 0 saturated heterocycles. The van der Waals surface area contributed by atoms with Crippen molar-refractivity contribution in [3.8, 4) is 0 Å². The zero-order valence-corrected chi connectivity index (χ0v) is 11.0. The Kier molecular flexibility index (Phi) is 3.49. The van der Waals surface area contributed by atoms with Crippen LogP contribution in [0.4, 0.5) is 0 Å². The molecule has 0 aliphatic heterocycles. The Morgan fingerprint density at radius 1 is 1.00 bits per heavy atom. The molecule has 0 amide bonds. The third kappa shape index (κ3) is 2.36. The summed E-state index contributed by atoms with van der Waals surface area (Å²) < 4.78 is 0. The molecule has 0 bridgehead atoms. The summed E-state index contributed by atoms with van der Waals surface area (Å²) in [6, 6.07) is 8.23. The van der Waals surface area contributed by atoms with Crippen LogP contribution in [-0.2, 0) is 6.42 Å². The summed E-state index contributed by atoms with van der Waals surface area (Å²) in [4.78, 5) is 12.6. The van der Waals surface area contributed by atoms with Crippen molar-refractivity contribution < 1.29 is 4.79 Å². The molecular formula is C17H22O. The van der Waals surface area contributed by atoms with Crippen molar-refractivity contribution in [1.82, 2.24) is 0 Å². The number of ketones is 1. The first-order chi connectivity index (χ1) is 8.84. The van der Waals surface area contributed by atoms with Crippen LogP contribution in [0.1, 0.15) is 60.9 Å². The van der Waals surface area contributed by atoms with E-state index in [4.69, 9.17) is 0 Å². The Bertz CT molecular complexity index is 429. The van der Waals surface area contributed by atoms with Gasteiger partial charge in [0.25, 0.3) is 0 Å². The van der Waals surface area contributed by atoms with E-state index in [0.29, 0.717) is 11.7 Å². The van der Waals surface area contributed by atoms with Gasteiger partial charge in [0.15, 0.2) is 5.78 Å². The van der Waals surface area contributed by atoms with Crippen molar-refractivity contribution in [2.45, 2.75) is 51.4 Å². The lowest BCUT2D eigenvalue weighted by molar-refractivity contribution is 0.0895. The highest BCUT2D eigenvalue weighted by Gasteiger charge is 2.28. The fourth-order valence-corrected chi connectivity index (χ4v) is 3.74. The van der Waals surface area contributed by atoms with E-state index < -0.39 is 0 Å². The SMILES string of the molecule is O=C1c2ccccc2CCCC1CC1CCCC1. The minimum absolute atomic E-state index is 0.303. The van der Waals surface area contributed by atoms with Crippen molar-refractivity contribution in [1.29, 1.82) is 0 Å². The molecule has 2 aliphatic rings. The molecule has 0 heterocycles. The average molecular weight is 242 g/mol. The number of carbonyl (C=O) groups excluding carboxylic acids is 1. The van der Waals surface area contributed by atoms with Gasteiger partial charge in [0.05, 0.1) is 0 Å². The lowest BCUT2D eigenvalue weighted by Gasteiger charge is -2.17. The minimum Gasteiger partial charge on any atom is -0.294 e. The monoisotopic (exact) mass is 242 g/mol. The Labute approximate surface area is 110 Å². The van der Waals surface area contributed by atoms with Crippen LogP contribution < -0.4 is 0 Å². The van der Waals surface area contributed by atoms with Gasteiger partial charge in [-0.15, -0.1) is 0 Å². The van der Waals surface area contributed by atoms with Gasteiger partial charge in [0.1, 0.15) is 0 Å². The van der Waals surface area contributed by atoms with Crippen molar-refractivity contribution in [2.24, 2.45) is 11.8 Å². The molecule has 18 heavy (non-hydrogen) atoms. The molecule has 1 fully saturated rings. The maximum atomic E-state index is 12.6. The fraction of sp³-hybridized carbons (Fsp3) is 0.588. The van der Waals surface area contributed by atoms with E-state index in [1.807, 2.05) is 12.1 Å². The van der Waals surface area contributed by atoms with Crippen molar-refractivity contribution in [3.05, 3.63) is 35.4 Å². The van der Waals surface area contributed by atoms with Crippen LogP contribution in [0.2, 0.25) is 0 Å². The number of aryl methyl sites for hydroxylation is 1.